The number of ether oxygens (including phenoxy) is 1. The molecular formula is C28H26NO4P. The van der Waals surface area contributed by atoms with Gasteiger partial charge < -0.3 is 14.6 Å². The minimum Gasteiger partial charge on any atom is -0.445 e. The van der Waals surface area contributed by atoms with Crippen molar-refractivity contribution in [3.05, 3.63) is 132 Å². The molecule has 0 radical (unpaired) electrons. The summed E-state index contributed by atoms with van der Waals surface area (Å²) in [6.45, 7) is 0.111. The van der Waals surface area contributed by atoms with Gasteiger partial charge >= 0.3 is 6.09 Å². The van der Waals surface area contributed by atoms with E-state index >= 15 is 0 Å². The van der Waals surface area contributed by atoms with Gasteiger partial charge in [-0.05, 0) is 35.4 Å². The van der Waals surface area contributed by atoms with Crippen LogP contribution in [0.2, 0.25) is 0 Å². The number of amides is 1. The number of rotatable bonds is 9. The Labute approximate surface area is 199 Å². The molecule has 4 rings (SSSR count). The van der Waals surface area contributed by atoms with Crippen molar-refractivity contribution in [2.75, 3.05) is 0 Å². The lowest BCUT2D eigenvalue weighted by Gasteiger charge is -2.29. The fourth-order valence-electron chi connectivity index (χ4n) is 3.56. The summed E-state index contributed by atoms with van der Waals surface area (Å²) in [7, 11) is -3.63. The van der Waals surface area contributed by atoms with E-state index in [0.29, 0.717) is 17.5 Å². The van der Waals surface area contributed by atoms with Gasteiger partial charge in [0.25, 0.3) is 7.37 Å². The smallest absolute Gasteiger partial charge is 0.408 e. The molecule has 6 heteroatoms. The maximum atomic E-state index is 14.6. The Bertz CT molecular complexity index is 1220. The zero-order valence-corrected chi connectivity index (χ0v) is 19.5. The van der Waals surface area contributed by atoms with Crippen LogP contribution in [-0.4, -0.2) is 11.9 Å². The molecule has 0 saturated carbocycles. The third kappa shape index (κ3) is 6.15. The maximum absolute atomic E-state index is 14.6. The van der Waals surface area contributed by atoms with Crippen molar-refractivity contribution in [2.45, 2.75) is 18.8 Å². The van der Waals surface area contributed by atoms with Gasteiger partial charge in [0.1, 0.15) is 18.1 Å². The number of benzene rings is 4. The molecule has 0 aliphatic carbocycles. The van der Waals surface area contributed by atoms with Crippen LogP contribution in [0.4, 0.5) is 4.79 Å². The maximum Gasteiger partial charge on any atom is 0.408 e. The number of carbonyl (C=O) groups is 1. The van der Waals surface area contributed by atoms with Crippen LogP contribution in [0.25, 0.3) is 0 Å². The molecule has 0 saturated heterocycles. The van der Waals surface area contributed by atoms with Crippen LogP contribution in [0.3, 0.4) is 0 Å². The van der Waals surface area contributed by atoms with E-state index in [1.165, 1.54) is 0 Å². The minimum atomic E-state index is -3.63. The molecule has 0 bridgehead atoms. The summed E-state index contributed by atoms with van der Waals surface area (Å²) in [4.78, 5) is 12.8. The molecule has 4 aromatic carbocycles. The van der Waals surface area contributed by atoms with Gasteiger partial charge in [0.15, 0.2) is 0 Å². The van der Waals surface area contributed by atoms with Gasteiger partial charge in [-0.2, -0.15) is 0 Å². The van der Waals surface area contributed by atoms with E-state index in [2.05, 4.69) is 5.32 Å². The lowest BCUT2D eigenvalue weighted by molar-refractivity contribution is 0.138. The predicted molar refractivity (Wildman–Crippen MR) is 134 cm³/mol. The minimum absolute atomic E-state index is 0.111. The first-order valence-corrected chi connectivity index (χ1v) is 12.7. The van der Waals surface area contributed by atoms with Gasteiger partial charge in [-0.15, -0.1) is 0 Å². The molecule has 172 valence electrons. The normalized spacial score (nSPS) is 13.3. The first-order chi connectivity index (χ1) is 16.6. The van der Waals surface area contributed by atoms with Crippen LogP contribution in [0.5, 0.6) is 5.75 Å². The molecule has 2 atom stereocenters. The Morgan fingerprint density at radius 1 is 0.706 bits per heavy atom. The number of carbonyl (C=O) groups excluding carboxylic acids is 1. The highest BCUT2D eigenvalue weighted by Crippen LogP contribution is 2.51. The molecular weight excluding hydrogens is 445 g/mol. The Morgan fingerprint density at radius 3 is 1.79 bits per heavy atom. The van der Waals surface area contributed by atoms with Gasteiger partial charge in [-0.25, -0.2) is 4.79 Å². The lowest BCUT2D eigenvalue weighted by Crippen LogP contribution is -2.40. The van der Waals surface area contributed by atoms with Gasteiger partial charge in [-0.1, -0.05) is 97.1 Å². The number of hydrogen-bond donors (Lipinski definition) is 1. The molecule has 34 heavy (non-hydrogen) atoms. The number of para-hydroxylation sites is 1. The van der Waals surface area contributed by atoms with Crippen molar-refractivity contribution in [3.63, 3.8) is 0 Å². The summed E-state index contributed by atoms with van der Waals surface area (Å²) in [6.07, 6.45) is -0.349. The third-order valence-corrected chi connectivity index (χ3v) is 7.91. The van der Waals surface area contributed by atoms with Crippen molar-refractivity contribution in [1.82, 2.24) is 5.32 Å². The van der Waals surface area contributed by atoms with E-state index in [4.69, 9.17) is 9.26 Å². The molecule has 0 fully saturated rings. The van der Waals surface area contributed by atoms with Crippen LogP contribution in [0.15, 0.2) is 121 Å². The topological polar surface area (TPSA) is 64.6 Å². The predicted octanol–water partition coefficient (Wildman–Crippen LogP) is 6.16. The van der Waals surface area contributed by atoms with E-state index in [-0.39, 0.29) is 6.61 Å². The summed E-state index contributed by atoms with van der Waals surface area (Å²) in [5.74, 6) is -0.381. The van der Waals surface area contributed by atoms with E-state index in [0.717, 1.165) is 11.1 Å². The van der Waals surface area contributed by atoms with Crippen molar-refractivity contribution < 1.29 is 18.6 Å². The first kappa shape index (κ1) is 23.3. The van der Waals surface area contributed by atoms with Crippen molar-refractivity contribution in [1.29, 1.82) is 0 Å². The third-order valence-electron chi connectivity index (χ3n) is 5.28. The van der Waals surface area contributed by atoms with Crippen LogP contribution >= 0.6 is 7.37 Å². The van der Waals surface area contributed by atoms with E-state index in [1.54, 1.807) is 24.3 Å². The molecule has 0 heterocycles. The summed E-state index contributed by atoms with van der Waals surface area (Å²) in [5.41, 5.74) is 1.78. The Balaban J connectivity index is 1.64. The van der Waals surface area contributed by atoms with Gasteiger partial charge in [0, 0.05) is 6.42 Å². The average Bonchev–Trinajstić information content (AvgIpc) is 2.89. The molecule has 0 spiro atoms. The first-order valence-electron chi connectivity index (χ1n) is 11.0. The number of alkyl carbamates (subject to hydrolysis) is 1. The van der Waals surface area contributed by atoms with Gasteiger partial charge in [-0.3, -0.25) is 4.57 Å². The second kappa shape index (κ2) is 11.4. The molecule has 1 N–H and O–H groups in total. The molecule has 0 aromatic heterocycles. The van der Waals surface area contributed by atoms with Crippen LogP contribution in [0, 0.1) is 0 Å². The van der Waals surface area contributed by atoms with Crippen molar-refractivity contribution in [3.8, 4) is 5.75 Å². The zero-order valence-electron chi connectivity index (χ0n) is 18.6. The van der Waals surface area contributed by atoms with E-state index in [1.807, 2.05) is 97.1 Å². The van der Waals surface area contributed by atoms with E-state index in [9.17, 15) is 9.36 Å². The Hall–Kier alpha value is -3.82. The molecule has 5 nitrogen and oxygen atoms in total. The van der Waals surface area contributed by atoms with Crippen LogP contribution < -0.4 is 15.1 Å². The molecule has 2 unspecified atom stereocenters. The number of nitrogens with one attached hydrogen (secondary N) is 1. The second-order valence-corrected chi connectivity index (χ2v) is 10.3. The quantitative estimate of drug-likeness (QED) is 0.297. The number of hydrogen-bond acceptors (Lipinski definition) is 4. The average molecular weight is 471 g/mol. The molecule has 1 amide bonds. The van der Waals surface area contributed by atoms with Crippen LogP contribution in [0.1, 0.15) is 11.1 Å². The summed E-state index contributed by atoms with van der Waals surface area (Å²) < 4.78 is 26.2. The summed E-state index contributed by atoms with van der Waals surface area (Å²) in [6, 6.07) is 37.0. The Kier molecular flexibility index (Phi) is 7.79. The van der Waals surface area contributed by atoms with Gasteiger partial charge in [0.2, 0.25) is 0 Å². The molecule has 4 aromatic rings. The summed E-state index contributed by atoms with van der Waals surface area (Å²) >= 11 is 0. The second-order valence-electron chi connectivity index (χ2n) is 7.75. The fraction of sp³-hybridized carbons (Fsp3) is 0.107. The van der Waals surface area contributed by atoms with Gasteiger partial charge in [0.05, 0.1) is 5.30 Å². The Morgan fingerprint density at radius 2 is 1.21 bits per heavy atom. The highest BCUT2D eigenvalue weighted by molar-refractivity contribution is 7.68. The highest BCUT2D eigenvalue weighted by Gasteiger charge is 2.39. The van der Waals surface area contributed by atoms with Crippen LogP contribution in [-0.2, 0) is 22.3 Å². The lowest BCUT2D eigenvalue weighted by atomic mass is 10.1. The summed E-state index contributed by atoms with van der Waals surface area (Å²) in [5, 5.41) is 3.36. The largest absolute Gasteiger partial charge is 0.445 e. The van der Waals surface area contributed by atoms with Crippen molar-refractivity contribution in [2.24, 2.45) is 0 Å². The molecule has 0 aliphatic heterocycles. The van der Waals surface area contributed by atoms with Crippen molar-refractivity contribution >= 4 is 18.8 Å². The highest BCUT2D eigenvalue weighted by atomic mass is 31.2. The monoisotopic (exact) mass is 471 g/mol. The standard InChI is InChI=1S/C28H26NO4P/c30-28(32-22-24-15-7-2-8-16-24)29-27(21-23-13-5-1-6-14-23)34(31,26-19-11-4-12-20-26)33-25-17-9-3-10-18-25/h1-20,27H,21-22H2,(H,29,30). The van der Waals surface area contributed by atoms with E-state index < -0.39 is 19.2 Å². The fourth-order valence-corrected chi connectivity index (χ4v) is 5.91. The molecule has 0 aliphatic rings. The SMILES string of the molecule is O=C(NC(Cc1ccccc1)P(=O)(Oc1ccccc1)c1ccccc1)OCc1ccccc1. The zero-order chi connectivity index (χ0) is 23.6.